The lowest BCUT2D eigenvalue weighted by Gasteiger charge is -2.06. The molecule has 0 aliphatic heterocycles. The Morgan fingerprint density at radius 3 is 2.42 bits per heavy atom. The Labute approximate surface area is 112 Å². The number of hydrogen-bond donors (Lipinski definition) is 3. The second-order valence-corrected chi connectivity index (χ2v) is 3.95. The molecule has 0 aliphatic rings. The molecule has 19 heavy (non-hydrogen) atoms. The van der Waals surface area contributed by atoms with Gasteiger partial charge in [-0.3, -0.25) is 0 Å². The average molecular weight is 262 g/mol. The van der Waals surface area contributed by atoms with E-state index in [1.807, 2.05) is 19.1 Å². The molecule has 0 heterocycles. The fourth-order valence-electron chi connectivity index (χ4n) is 1.41. The third-order valence-corrected chi connectivity index (χ3v) is 2.44. The lowest BCUT2D eigenvalue weighted by Crippen LogP contribution is -2.35. The van der Waals surface area contributed by atoms with Gasteiger partial charge in [0, 0.05) is 13.1 Å². The molecule has 1 aromatic carbocycles. The highest BCUT2D eigenvalue weighted by Gasteiger charge is 2.02. The van der Waals surface area contributed by atoms with Crippen LogP contribution in [0.3, 0.4) is 0 Å². The molecule has 0 spiro atoms. The minimum absolute atomic E-state index is 0.234. The molecule has 0 fully saturated rings. The molecule has 0 saturated carbocycles. The third kappa shape index (κ3) is 5.72. The third-order valence-electron chi connectivity index (χ3n) is 2.44. The minimum Gasteiger partial charge on any atom is -0.478 e. The fourth-order valence-corrected chi connectivity index (χ4v) is 1.41. The van der Waals surface area contributed by atoms with E-state index in [4.69, 9.17) is 5.11 Å². The molecule has 1 aromatic rings. The van der Waals surface area contributed by atoms with Gasteiger partial charge in [-0.05, 0) is 24.1 Å². The number of carbonyl (C=O) groups is 2. The van der Waals surface area contributed by atoms with Crippen LogP contribution in [-0.4, -0.2) is 23.7 Å². The van der Waals surface area contributed by atoms with E-state index in [0.717, 1.165) is 12.0 Å². The Kier molecular flexibility index (Phi) is 6.15. The molecule has 0 atom stereocenters. The molecule has 0 aromatic heterocycles. The summed E-state index contributed by atoms with van der Waals surface area (Å²) in [6.45, 7) is 2.89. The van der Waals surface area contributed by atoms with Crippen LogP contribution in [0.15, 0.2) is 36.4 Å². The SMILES string of the molecule is CC/C=C/CNC(=O)NCc1ccc(C(=O)O)cc1. The maximum Gasteiger partial charge on any atom is 0.335 e. The molecule has 1 rings (SSSR count). The van der Waals surface area contributed by atoms with Crippen molar-refractivity contribution < 1.29 is 14.7 Å². The van der Waals surface area contributed by atoms with Gasteiger partial charge >= 0.3 is 12.0 Å². The quantitative estimate of drug-likeness (QED) is 0.687. The molecular formula is C14H18N2O3. The van der Waals surface area contributed by atoms with Crippen LogP contribution in [0.4, 0.5) is 4.79 Å². The van der Waals surface area contributed by atoms with E-state index >= 15 is 0 Å². The van der Waals surface area contributed by atoms with Gasteiger partial charge in [0.15, 0.2) is 0 Å². The number of carbonyl (C=O) groups excluding carboxylic acids is 1. The first-order valence-electron chi connectivity index (χ1n) is 6.12. The van der Waals surface area contributed by atoms with Crippen LogP contribution in [0, 0.1) is 0 Å². The van der Waals surface area contributed by atoms with Gasteiger partial charge in [-0.25, -0.2) is 9.59 Å². The van der Waals surface area contributed by atoms with Gasteiger partial charge in [-0.15, -0.1) is 0 Å². The van der Waals surface area contributed by atoms with Crippen molar-refractivity contribution in [1.82, 2.24) is 10.6 Å². The second-order valence-electron chi connectivity index (χ2n) is 3.95. The van der Waals surface area contributed by atoms with Crippen molar-refractivity contribution >= 4 is 12.0 Å². The van der Waals surface area contributed by atoms with Gasteiger partial charge < -0.3 is 15.7 Å². The Hall–Kier alpha value is -2.30. The molecule has 3 N–H and O–H groups in total. The predicted molar refractivity (Wildman–Crippen MR) is 73.1 cm³/mol. The number of carboxylic acids is 1. The fraction of sp³-hybridized carbons (Fsp3) is 0.286. The molecule has 2 amide bonds. The second kappa shape index (κ2) is 7.92. The van der Waals surface area contributed by atoms with Gasteiger partial charge in [0.25, 0.3) is 0 Å². The topological polar surface area (TPSA) is 78.4 Å². The molecule has 0 saturated heterocycles. The lowest BCUT2D eigenvalue weighted by molar-refractivity contribution is 0.0697. The molecular weight excluding hydrogens is 244 g/mol. The summed E-state index contributed by atoms with van der Waals surface area (Å²) in [7, 11) is 0. The van der Waals surface area contributed by atoms with Crippen molar-refractivity contribution in [2.24, 2.45) is 0 Å². The summed E-state index contributed by atoms with van der Waals surface area (Å²) in [6, 6.07) is 6.15. The predicted octanol–water partition coefficient (Wildman–Crippen LogP) is 2.15. The Morgan fingerprint density at radius 2 is 1.84 bits per heavy atom. The van der Waals surface area contributed by atoms with Gasteiger partial charge in [0.05, 0.1) is 5.56 Å². The van der Waals surface area contributed by atoms with Gasteiger partial charge in [-0.1, -0.05) is 31.2 Å². The average Bonchev–Trinajstić information content (AvgIpc) is 2.42. The summed E-state index contributed by atoms with van der Waals surface area (Å²) >= 11 is 0. The molecule has 5 heteroatoms. The summed E-state index contributed by atoms with van der Waals surface area (Å²) in [4.78, 5) is 22.1. The number of allylic oxidation sites excluding steroid dienone is 1. The summed E-state index contributed by atoms with van der Waals surface area (Å²) < 4.78 is 0. The normalized spacial score (nSPS) is 10.4. The van der Waals surface area contributed by atoms with Crippen molar-refractivity contribution in [2.75, 3.05) is 6.54 Å². The number of benzene rings is 1. The van der Waals surface area contributed by atoms with E-state index in [9.17, 15) is 9.59 Å². The maximum atomic E-state index is 11.4. The van der Waals surface area contributed by atoms with Gasteiger partial charge in [0.2, 0.25) is 0 Å². The molecule has 0 radical (unpaired) electrons. The van der Waals surface area contributed by atoms with Crippen LogP contribution >= 0.6 is 0 Å². The van der Waals surface area contributed by atoms with Crippen LogP contribution < -0.4 is 10.6 Å². The first-order valence-corrected chi connectivity index (χ1v) is 6.12. The number of carboxylic acid groups (broad SMARTS) is 1. The number of aromatic carboxylic acids is 1. The van der Waals surface area contributed by atoms with E-state index in [1.165, 1.54) is 12.1 Å². The Bertz CT molecular complexity index is 452. The van der Waals surface area contributed by atoms with E-state index in [2.05, 4.69) is 10.6 Å². The zero-order chi connectivity index (χ0) is 14.1. The van der Waals surface area contributed by atoms with E-state index in [0.29, 0.717) is 13.1 Å². The molecule has 102 valence electrons. The van der Waals surface area contributed by atoms with Crippen LogP contribution in [0.1, 0.15) is 29.3 Å². The first-order chi connectivity index (χ1) is 9.13. The number of amides is 2. The number of nitrogens with one attached hydrogen (secondary N) is 2. The van der Waals surface area contributed by atoms with Crippen LogP contribution in [-0.2, 0) is 6.54 Å². The molecule has 5 nitrogen and oxygen atoms in total. The van der Waals surface area contributed by atoms with Crippen LogP contribution in [0.25, 0.3) is 0 Å². The number of hydrogen-bond acceptors (Lipinski definition) is 2. The number of rotatable bonds is 6. The first kappa shape index (κ1) is 14.8. The highest BCUT2D eigenvalue weighted by atomic mass is 16.4. The highest BCUT2D eigenvalue weighted by Crippen LogP contribution is 2.03. The standard InChI is InChI=1S/C14H18N2O3/c1-2-3-4-9-15-14(19)16-10-11-5-7-12(8-6-11)13(17)18/h3-8H,2,9-10H2,1H3,(H,17,18)(H2,15,16,19)/b4-3+. The monoisotopic (exact) mass is 262 g/mol. The van der Waals surface area contributed by atoms with Crippen molar-refractivity contribution in [2.45, 2.75) is 19.9 Å². The Balaban J connectivity index is 2.33. The van der Waals surface area contributed by atoms with Crippen LogP contribution in [0.5, 0.6) is 0 Å². The lowest BCUT2D eigenvalue weighted by atomic mass is 10.1. The van der Waals surface area contributed by atoms with Crippen molar-refractivity contribution in [3.05, 3.63) is 47.5 Å². The van der Waals surface area contributed by atoms with E-state index < -0.39 is 5.97 Å². The largest absolute Gasteiger partial charge is 0.478 e. The van der Waals surface area contributed by atoms with Crippen LogP contribution in [0.2, 0.25) is 0 Å². The van der Waals surface area contributed by atoms with E-state index in [1.54, 1.807) is 12.1 Å². The summed E-state index contributed by atoms with van der Waals surface area (Å²) in [5.74, 6) is -0.958. The molecule has 0 bridgehead atoms. The smallest absolute Gasteiger partial charge is 0.335 e. The zero-order valence-corrected chi connectivity index (χ0v) is 10.8. The molecule has 0 aliphatic carbocycles. The zero-order valence-electron chi connectivity index (χ0n) is 10.8. The van der Waals surface area contributed by atoms with Crippen molar-refractivity contribution in [3.63, 3.8) is 0 Å². The number of urea groups is 1. The van der Waals surface area contributed by atoms with E-state index in [-0.39, 0.29) is 11.6 Å². The van der Waals surface area contributed by atoms with Gasteiger partial charge in [0.1, 0.15) is 0 Å². The van der Waals surface area contributed by atoms with Crippen molar-refractivity contribution in [3.8, 4) is 0 Å². The summed E-state index contributed by atoms with van der Waals surface area (Å²) in [5.41, 5.74) is 1.09. The summed E-state index contributed by atoms with van der Waals surface area (Å²) in [6.07, 6.45) is 4.81. The Morgan fingerprint density at radius 1 is 1.16 bits per heavy atom. The molecule has 0 unspecified atom stereocenters. The van der Waals surface area contributed by atoms with Gasteiger partial charge in [-0.2, -0.15) is 0 Å². The summed E-state index contributed by atoms with van der Waals surface area (Å²) in [5, 5.41) is 14.1. The maximum absolute atomic E-state index is 11.4. The van der Waals surface area contributed by atoms with Crippen molar-refractivity contribution in [1.29, 1.82) is 0 Å². The highest BCUT2D eigenvalue weighted by molar-refractivity contribution is 5.87. The minimum atomic E-state index is -0.958.